The maximum atomic E-state index is 6.55. The van der Waals surface area contributed by atoms with Crippen LogP contribution in [0.25, 0.3) is 86.3 Å². The number of hydrogen-bond acceptors (Lipinski definition) is 3. The van der Waals surface area contributed by atoms with Gasteiger partial charge in [0, 0.05) is 48.0 Å². The molecule has 11 rings (SSSR count). The highest BCUT2D eigenvalue weighted by molar-refractivity contribution is 7.26. The Kier molecular flexibility index (Phi) is 7.39. The fourth-order valence-electron chi connectivity index (χ4n) is 8.29. The average molecular weight is 720 g/mol. The molecule has 55 heavy (non-hydrogen) atoms. The number of thiophene rings is 1. The van der Waals surface area contributed by atoms with Crippen LogP contribution < -0.4 is 4.90 Å². The first kappa shape index (κ1) is 31.6. The number of rotatable bonds is 6. The van der Waals surface area contributed by atoms with Crippen molar-refractivity contribution in [2.24, 2.45) is 0 Å². The number of anilines is 3. The van der Waals surface area contributed by atoms with Crippen LogP contribution in [0.5, 0.6) is 0 Å². The minimum absolute atomic E-state index is 0.903. The van der Waals surface area contributed by atoms with Crippen molar-refractivity contribution in [1.29, 1.82) is 0 Å². The van der Waals surface area contributed by atoms with Gasteiger partial charge in [-0.05, 0) is 105 Å². The predicted octanol–water partition coefficient (Wildman–Crippen LogP) is 15.6. The van der Waals surface area contributed by atoms with Gasteiger partial charge in [-0.15, -0.1) is 11.3 Å². The highest BCUT2D eigenvalue weighted by Crippen LogP contribution is 2.46. The second kappa shape index (κ2) is 12.9. The molecule has 0 aliphatic heterocycles. The van der Waals surface area contributed by atoms with Gasteiger partial charge >= 0.3 is 0 Å². The lowest BCUT2D eigenvalue weighted by atomic mass is 9.97. The van der Waals surface area contributed by atoms with Crippen molar-refractivity contribution in [3.63, 3.8) is 0 Å². The van der Waals surface area contributed by atoms with Crippen LogP contribution in [0, 0.1) is 0 Å². The van der Waals surface area contributed by atoms with E-state index in [0.717, 1.165) is 44.7 Å². The van der Waals surface area contributed by atoms with Gasteiger partial charge in [-0.1, -0.05) is 140 Å². The van der Waals surface area contributed by atoms with Crippen LogP contribution in [0.15, 0.2) is 205 Å². The Balaban J connectivity index is 1.07. The zero-order valence-corrected chi connectivity index (χ0v) is 30.6. The van der Waals surface area contributed by atoms with Gasteiger partial charge in [0.2, 0.25) is 0 Å². The van der Waals surface area contributed by atoms with Crippen molar-refractivity contribution in [3.05, 3.63) is 200 Å². The van der Waals surface area contributed by atoms with Crippen LogP contribution >= 0.6 is 11.3 Å². The maximum Gasteiger partial charge on any atom is 0.136 e. The number of furan rings is 1. The molecule has 2 aromatic heterocycles. The summed E-state index contributed by atoms with van der Waals surface area (Å²) in [6, 6.07) is 72.0. The Hall–Kier alpha value is -6.94. The van der Waals surface area contributed by atoms with E-state index in [-0.39, 0.29) is 0 Å². The lowest BCUT2D eigenvalue weighted by molar-refractivity contribution is 0.669. The first-order chi connectivity index (χ1) is 27.3. The Morgan fingerprint density at radius 1 is 0.364 bits per heavy atom. The lowest BCUT2D eigenvalue weighted by Crippen LogP contribution is -2.10. The summed E-state index contributed by atoms with van der Waals surface area (Å²) in [4.78, 5) is 2.36. The number of nitrogens with zero attached hydrogens (tertiary/aromatic N) is 1. The molecule has 0 saturated carbocycles. The molecule has 3 heteroatoms. The molecule has 0 radical (unpaired) electrons. The van der Waals surface area contributed by atoms with E-state index in [1.54, 1.807) is 0 Å². The molecule has 0 aliphatic rings. The van der Waals surface area contributed by atoms with Gasteiger partial charge in [0.25, 0.3) is 0 Å². The van der Waals surface area contributed by atoms with E-state index < -0.39 is 0 Å². The van der Waals surface area contributed by atoms with E-state index in [9.17, 15) is 0 Å². The van der Waals surface area contributed by atoms with Crippen molar-refractivity contribution in [2.75, 3.05) is 4.90 Å². The van der Waals surface area contributed by atoms with Gasteiger partial charge in [0.05, 0.1) is 0 Å². The Morgan fingerprint density at radius 2 is 0.982 bits per heavy atom. The molecule has 0 bridgehead atoms. The summed E-state index contributed by atoms with van der Waals surface area (Å²) in [6.07, 6.45) is 0. The minimum atomic E-state index is 0.903. The third kappa shape index (κ3) is 5.32. The van der Waals surface area contributed by atoms with Crippen molar-refractivity contribution in [3.8, 4) is 33.4 Å². The third-order valence-corrected chi connectivity index (χ3v) is 12.1. The second-order valence-electron chi connectivity index (χ2n) is 14.1. The predicted molar refractivity (Wildman–Crippen MR) is 235 cm³/mol. The van der Waals surface area contributed by atoms with E-state index in [1.807, 2.05) is 11.3 Å². The van der Waals surface area contributed by atoms with Gasteiger partial charge in [-0.25, -0.2) is 0 Å². The standard InChI is InChI=1S/C52H33NOS/c1-2-11-34(12-3-1)35-23-27-39(28-24-35)53(40-29-25-37(26-30-40)43-19-9-14-36-13-4-5-17-42(36)43)41-16-8-15-38(33-41)44-20-10-21-47-50(44)51-48(54-47)32-31-46-45-18-6-7-22-49(45)55-52(46)51/h1-33H. The van der Waals surface area contributed by atoms with Crippen LogP contribution in [0.3, 0.4) is 0 Å². The van der Waals surface area contributed by atoms with Crippen LogP contribution in [0.1, 0.15) is 0 Å². The molecule has 0 fully saturated rings. The fourth-order valence-corrected chi connectivity index (χ4v) is 9.53. The average Bonchev–Trinajstić information content (AvgIpc) is 3.83. The molecule has 0 aliphatic carbocycles. The fraction of sp³-hybridized carbons (Fsp3) is 0. The van der Waals surface area contributed by atoms with Crippen LogP contribution in [0.4, 0.5) is 17.1 Å². The lowest BCUT2D eigenvalue weighted by Gasteiger charge is -2.26. The quantitative estimate of drug-likeness (QED) is 0.170. The summed E-state index contributed by atoms with van der Waals surface area (Å²) in [7, 11) is 0. The highest BCUT2D eigenvalue weighted by atomic mass is 32.1. The van der Waals surface area contributed by atoms with Gasteiger partial charge in [0.15, 0.2) is 0 Å². The maximum absolute atomic E-state index is 6.55. The van der Waals surface area contributed by atoms with Crippen molar-refractivity contribution < 1.29 is 4.42 Å². The molecule has 11 aromatic rings. The first-order valence-electron chi connectivity index (χ1n) is 18.7. The zero-order chi connectivity index (χ0) is 36.3. The summed E-state index contributed by atoms with van der Waals surface area (Å²) < 4.78 is 9.12. The zero-order valence-electron chi connectivity index (χ0n) is 29.8. The summed E-state index contributed by atoms with van der Waals surface area (Å²) in [5.41, 5.74) is 12.2. The first-order valence-corrected chi connectivity index (χ1v) is 19.5. The SMILES string of the molecule is c1ccc(-c2ccc(N(c3ccc(-c4cccc5ccccc45)cc3)c3cccc(-c4cccc5oc6ccc7c8ccccc8sc7c6c45)c3)cc2)cc1. The smallest absolute Gasteiger partial charge is 0.136 e. The van der Waals surface area contributed by atoms with Crippen molar-refractivity contribution >= 4 is 81.3 Å². The van der Waals surface area contributed by atoms with E-state index in [0.29, 0.717) is 0 Å². The van der Waals surface area contributed by atoms with Crippen LogP contribution in [0.2, 0.25) is 0 Å². The van der Waals surface area contributed by atoms with Gasteiger partial charge in [-0.3, -0.25) is 0 Å². The van der Waals surface area contributed by atoms with Crippen molar-refractivity contribution in [1.82, 2.24) is 0 Å². The molecule has 0 saturated heterocycles. The number of hydrogen-bond donors (Lipinski definition) is 0. The Morgan fingerprint density at radius 3 is 1.82 bits per heavy atom. The summed E-state index contributed by atoms with van der Waals surface area (Å²) in [5.74, 6) is 0. The van der Waals surface area contributed by atoms with Crippen molar-refractivity contribution in [2.45, 2.75) is 0 Å². The van der Waals surface area contributed by atoms with Crippen LogP contribution in [-0.2, 0) is 0 Å². The molecule has 0 amide bonds. The number of benzene rings is 9. The van der Waals surface area contributed by atoms with E-state index in [4.69, 9.17) is 4.42 Å². The molecule has 0 N–H and O–H groups in total. The molecule has 0 atom stereocenters. The van der Waals surface area contributed by atoms with Gasteiger partial charge in [0.1, 0.15) is 11.2 Å². The molecule has 2 heterocycles. The molecular formula is C52H33NOS. The molecule has 9 aromatic carbocycles. The summed E-state index contributed by atoms with van der Waals surface area (Å²) in [6.45, 7) is 0. The van der Waals surface area contributed by atoms with E-state index >= 15 is 0 Å². The monoisotopic (exact) mass is 719 g/mol. The molecule has 0 unspecified atom stereocenters. The van der Waals surface area contributed by atoms with Gasteiger partial charge in [-0.2, -0.15) is 0 Å². The topological polar surface area (TPSA) is 16.4 Å². The Labute approximate surface area is 322 Å². The number of fused-ring (bicyclic) bond motifs is 8. The van der Waals surface area contributed by atoms with E-state index in [2.05, 4.69) is 205 Å². The van der Waals surface area contributed by atoms with E-state index in [1.165, 1.54) is 58.6 Å². The Bertz CT molecular complexity index is 3190. The molecule has 0 spiro atoms. The second-order valence-corrected chi connectivity index (χ2v) is 15.1. The normalized spacial score (nSPS) is 11.6. The molecular weight excluding hydrogens is 687 g/mol. The summed E-state index contributed by atoms with van der Waals surface area (Å²) >= 11 is 1.85. The largest absolute Gasteiger partial charge is 0.456 e. The van der Waals surface area contributed by atoms with Crippen LogP contribution in [-0.4, -0.2) is 0 Å². The molecule has 258 valence electrons. The van der Waals surface area contributed by atoms with Gasteiger partial charge < -0.3 is 9.32 Å². The summed E-state index contributed by atoms with van der Waals surface area (Å²) in [5, 5.41) is 7.41. The minimum Gasteiger partial charge on any atom is -0.456 e. The molecule has 2 nitrogen and oxygen atoms in total. The third-order valence-electron chi connectivity index (χ3n) is 10.9. The highest BCUT2D eigenvalue weighted by Gasteiger charge is 2.20.